The Labute approximate surface area is 650 Å². The number of para-hydroxylation sites is 1. The second-order valence-electron chi connectivity index (χ2n) is 31.5. The highest BCUT2D eigenvalue weighted by Crippen LogP contribution is 2.60. The van der Waals surface area contributed by atoms with Gasteiger partial charge < -0.3 is 35.0 Å². The number of hydrogen-bond acceptors (Lipinski definition) is 7. The number of fused-ring (bicyclic) bond motifs is 15. The lowest BCUT2D eigenvalue weighted by Gasteiger charge is -2.23. The zero-order valence-electron chi connectivity index (χ0n) is 67.2. The van der Waals surface area contributed by atoms with E-state index >= 15 is 0 Å². The lowest BCUT2D eigenvalue weighted by Crippen LogP contribution is -2.15. The van der Waals surface area contributed by atoms with Gasteiger partial charge >= 0.3 is 11.4 Å². The summed E-state index contributed by atoms with van der Waals surface area (Å²) < 4.78 is 24.4. The third-order valence-corrected chi connectivity index (χ3v) is 23.4. The van der Waals surface area contributed by atoms with Crippen LogP contribution in [-0.2, 0) is 0 Å². The van der Waals surface area contributed by atoms with Crippen molar-refractivity contribution in [2.45, 2.75) is 222 Å². The molecule has 13 unspecified atom stereocenters. The van der Waals surface area contributed by atoms with Crippen LogP contribution in [0.3, 0.4) is 0 Å². The lowest BCUT2D eigenvalue weighted by atomic mass is 9.82. The first-order valence-electron chi connectivity index (χ1n) is 38.9. The SMILES string of the molecule is C.C1=CC2C3C=CC(C3)C2C1.C1CC2C3CCC(C3)C2C1.C1CC2C3CCC(C3)C2C1.Cc1cc(C)c(O)c(C)c1.Cc1cc(C)c(O)c(C)c1.Cc1cc(C)c(Oc2cc(C)c(O)c(C)c2)c(C)c1.Cc1cc(C)c(Oc2cc(C)c(O)c(C)c2)c(C)c1.Cc1cccc(C)c1O.[2H]C([2H])P.[Cl][Al]([Cl])[Cl]. The Bertz CT molecular complexity index is 3690. The van der Waals surface area contributed by atoms with Crippen molar-refractivity contribution in [3.05, 3.63) is 215 Å². The molecule has 0 heterocycles. The van der Waals surface area contributed by atoms with Crippen molar-refractivity contribution in [3.8, 4) is 51.7 Å². The van der Waals surface area contributed by atoms with Crippen LogP contribution in [0.15, 0.2) is 115 Å². The molecule has 13 atom stereocenters. The molecule has 12 heteroatoms. The van der Waals surface area contributed by atoms with Gasteiger partial charge in [-0.15, -0.1) is 9.24 Å². The molecule has 7 saturated carbocycles. The van der Waals surface area contributed by atoms with Crippen LogP contribution in [-0.4, -0.2) is 43.5 Å². The quantitative estimate of drug-likeness (QED) is 0.0676. The summed E-state index contributed by atoms with van der Waals surface area (Å²) in [5.41, 5.74) is 18.4. The number of phenols is 5. The maximum Gasteiger partial charge on any atom is 0.643 e. The van der Waals surface area contributed by atoms with Crippen LogP contribution in [0, 0.1) is 196 Å². The molecule has 7 aromatic carbocycles. The highest BCUT2D eigenvalue weighted by atomic mass is 35.8. The molecule has 104 heavy (non-hydrogen) atoms. The third-order valence-electron chi connectivity index (χ3n) is 23.4. The molecule has 9 aliphatic carbocycles. The first-order valence-corrected chi connectivity index (χ1v) is 43.7. The molecule has 7 aromatic rings. The first kappa shape index (κ1) is 84.1. The van der Waals surface area contributed by atoms with Gasteiger partial charge in [-0.3, -0.25) is 0 Å². The first-order chi connectivity index (χ1) is 49.5. The Balaban J connectivity index is 0.000000189. The van der Waals surface area contributed by atoms with Crippen molar-refractivity contribution in [3.63, 3.8) is 0 Å². The molecule has 566 valence electrons. The summed E-state index contributed by atoms with van der Waals surface area (Å²) in [6, 6.07) is 29.5. The Morgan fingerprint density at radius 1 is 0.365 bits per heavy atom. The monoisotopic (exact) mass is 1510 g/mol. The number of aryl methyl sites for hydroxylation is 18. The van der Waals surface area contributed by atoms with Crippen molar-refractivity contribution >= 4 is 50.8 Å². The fourth-order valence-corrected chi connectivity index (χ4v) is 19.0. The van der Waals surface area contributed by atoms with Crippen LogP contribution in [0.1, 0.15) is 200 Å². The number of rotatable bonds is 4. The van der Waals surface area contributed by atoms with Gasteiger partial charge in [0.1, 0.15) is 51.7 Å². The standard InChI is InChI=1S/2C17H20O2.2C10H16.C10H12.2C9H12O.C8H10O.CH5P.CH4.Al.3ClH/c2*1-10-6-13(4)17(14(5)7-10)19-15-8-11(2)16(18)12(3)9-15;3*1-2-9-7-4-5-8(6-7)10(9)3-1;2*1-6-4-7(2)9(10)8(3)5-6;1-6-4-3-5-7(2)8(6)9;1-2;;;;;/h2*6-9,18H,1-5H3;2*7-10H,1-6H2;1-2,4-5,7-10H,3,6H2;2*4-5,10H,1-3H3;3-5,9H,1-2H3;2H2,1H3;1H4;;3*1H/q;;;;;;;;;;+3;;;/p-3/i;;;;;;;;1D2;;;;;. The van der Waals surface area contributed by atoms with Gasteiger partial charge in [-0.1, -0.05) is 140 Å². The van der Waals surface area contributed by atoms with Crippen molar-refractivity contribution in [2.75, 3.05) is 6.62 Å². The summed E-state index contributed by atoms with van der Waals surface area (Å²) >= 11 is -1.72. The molecule has 0 spiro atoms. The molecule has 9 aliphatic rings. The number of aromatic hydroxyl groups is 5. The van der Waals surface area contributed by atoms with Crippen LogP contribution < -0.4 is 9.47 Å². The molecular formula is C92H127AlCl3O7P. The number of hydrogen-bond donors (Lipinski definition) is 5. The molecule has 0 radical (unpaired) electrons. The number of benzene rings is 7. The van der Waals surface area contributed by atoms with E-state index in [0.717, 1.165) is 125 Å². The van der Waals surface area contributed by atoms with Crippen LogP contribution in [0.25, 0.3) is 0 Å². The average molecular weight is 1510 g/mol. The molecule has 5 N–H and O–H groups in total. The van der Waals surface area contributed by atoms with E-state index in [1.165, 1.54) is 82.4 Å². The van der Waals surface area contributed by atoms with Crippen molar-refractivity contribution in [1.29, 1.82) is 0 Å². The van der Waals surface area contributed by atoms with Crippen molar-refractivity contribution < 1.29 is 37.7 Å². The molecule has 0 aliphatic heterocycles. The van der Waals surface area contributed by atoms with Gasteiger partial charge in [0.15, 0.2) is 0 Å². The van der Waals surface area contributed by atoms with E-state index in [1.54, 1.807) is 77.0 Å². The van der Waals surface area contributed by atoms with Gasteiger partial charge in [0.05, 0.1) is 0 Å². The van der Waals surface area contributed by atoms with E-state index in [1.807, 2.05) is 159 Å². The van der Waals surface area contributed by atoms with E-state index in [2.05, 4.69) is 90.1 Å². The summed E-state index contributed by atoms with van der Waals surface area (Å²) in [6.45, 7) is 34.6. The predicted molar refractivity (Wildman–Crippen MR) is 449 cm³/mol. The Hall–Kier alpha value is -5.55. The number of ether oxygens (including phenoxy) is 2. The van der Waals surface area contributed by atoms with Crippen LogP contribution in [0.5, 0.6) is 51.7 Å². The van der Waals surface area contributed by atoms with Gasteiger partial charge in [0.2, 0.25) is 0 Å². The smallest absolute Gasteiger partial charge is 0.507 e. The minimum Gasteiger partial charge on any atom is -0.507 e. The summed E-state index contributed by atoms with van der Waals surface area (Å²) in [5.74, 6) is 18.7. The van der Waals surface area contributed by atoms with Gasteiger partial charge in [-0.05, 0) is 375 Å². The molecule has 0 saturated heterocycles. The van der Waals surface area contributed by atoms with Crippen LogP contribution in [0.4, 0.5) is 0 Å². The maximum atomic E-state index is 9.79. The molecule has 16 rings (SSSR count). The van der Waals surface area contributed by atoms with E-state index in [0.29, 0.717) is 28.7 Å². The van der Waals surface area contributed by atoms with Crippen LogP contribution in [0.2, 0.25) is 0 Å². The average Bonchev–Trinajstić information content (AvgIpc) is 1.67. The lowest BCUT2D eigenvalue weighted by molar-refractivity contribution is 0.259. The zero-order valence-corrected chi connectivity index (χ0v) is 69.8. The Kier molecular flexibility index (Phi) is 32.8. The Morgan fingerprint density at radius 3 is 0.904 bits per heavy atom. The van der Waals surface area contributed by atoms with E-state index in [-0.39, 0.29) is 7.43 Å². The molecule has 6 bridgehead atoms. The van der Waals surface area contributed by atoms with Gasteiger partial charge in [0, 0.05) is 2.74 Å². The largest absolute Gasteiger partial charge is 0.643 e. The third kappa shape index (κ3) is 23.5. The Morgan fingerprint density at radius 2 is 0.625 bits per heavy atom. The molecular weight excluding hydrogens is 1380 g/mol. The van der Waals surface area contributed by atoms with Crippen molar-refractivity contribution in [1.82, 2.24) is 0 Å². The summed E-state index contributed by atoms with van der Waals surface area (Å²) in [5, 5.41) is 47.4. The number of halogens is 3. The summed E-state index contributed by atoms with van der Waals surface area (Å²) in [4.78, 5) is 0. The second kappa shape index (κ2) is 40.6. The highest BCUT2D eigenvalue weighted by molar-refractivity contribution is 7.54. The van der Waals surface area contributed by atoms with E-state index in [9.17, 15) is 25.5 Å². The fraction of sp³-hybridized carbons (Fsp3) is 0.500. The normalized spacial score (nSPS) is 23.5. The molecule has 0 amide bonds. The topological polar surface area (TPSA) is 120 Å². The van der Waals surface area contributed by atoms with Gasteiger partial charge in [-0.25, -0.2) is 30.1 Å². The van der Waals surface area contributed by atoms with Crippen LogP contribution >= 0.6 is 39.4 Å². The molecule has 0 aromatic heterocycles. The minimum atomic E-state index is -1.72. The summed E-state index contributed by atoms with van der Waals surface area (Å²) in [7, 11) is 16.8. The fourth-order valence-electron chi connectivity index (χ4n) is 19.0. The number of phenolic OH excluding ortho intramolecular Hbond substituents is 5. The highest BCUT2D eigenvalue weighted by Gasteiger charge is 2.50. The van der Waals surface area contributed by atoms with Gasteiger partial charge in [-0.2, -0.15) is 0 Å². The van der Waals surface area contributed by atoms with E-state index in [4.69, 9.17) is 42.4 Å². The van der Waals surface area contributed by atoms with E-state index < -0.39 is 18.0 Å². The summed E-state index contributed by atoms with van der Waals surface area (Å²) in [6.07, 6.45) is 31.6. The maximum absolute atomic E-state index is 9.79. The predicted octanol–water partition coefficient (Wildman–Crippen LogP) is 27.0. The second-order valence-corrected chi connectivity index (χ2v) is 37.9. The van der Waals surface area contributed by atoms with Gasteiger partial charge in [0.25, 0.3) is 0 Å². The minimum absolute atomic E-state index is 0. The molecule has 7 nitrogen and oxygen atoms in total. The van der Waals surface area contributed by atoms with Crippen molar-refractivity contribution in [2.24, 2.45) is 71.0 Å². The molecule has 7 fully saturated rings. The number of allylic oxidation sites excluding steroid dienone is 4. The zero-order chi connectivity index (χ0) is 77.4.